The minimum Gasteiger partial charge on any atom is -0.328 e. The lowest BCUT2D eigenvalue weighted by atomic mass is 9.93. The zero-order valence-corrected chi connectivity index (χ0v) is 12.8. The number of halogens is 1. The van der Waals surface area contributed by atoms with Crippen molar-refractivity contribution >= 4 is 15.9 Å². The highest BCUT2D eigenvalue weighted by Gasteiger charge is 2.09. The molecule has 1 aromatic carbocycles. The molecule has 96 valence electrons. The molecule has 1 nitrogen and oxygen atoms in total. The van der Waals surface area contributed by atoms with E-state index < -0.39 is 0 Å². The number of benzene rings is 1. The number of nitrogens with two attached hydrogens (primary N) is 1. The van der Waals surface area contributed by atoms with Crippen LogP contribution in [0.5, 0.6) is 0 Å². The lowest BCUT2D eigenvalue weighted by Gasteiger charge is -2.16. The summed E-state index contributed by atoms with van der Waals surface area (Å²) in [4.78, 5) is 0. The third-order valence-corrected chi connectivity index (χ3v) is 4.26. The smallest absolute Gasteiger partial charge is 0.0210 e. The first kappa shape index (κ1) is 14.7. The second-order valence-corrected chi connectivity index (χ2v) is 5.71. The summed E-state index contributed by atoms with van der Waals surface area (Å²) in [5, 5.41) is 0. The third kappa shape index (κ3) is 4.44. The van der Waals surface area contributed by atoms with Gasteiger partial charge in [-0.3, -0.25) is 0 Å². The van der Waals surface area contributed by atoms with Gasteiger partial charge in [-0.05, 0) is 48.8 Å². The van der Waals surface area contributed by atoms with Crippen LogP contribution < -0.4 is 5.73 Å². The zero-order valence-electron chi connectivity index (χ0n) is 11.2. The molecule has 2 atom stereocenters. The quantitative estimate of drug-likeness (QED) is 0.814. The largest absolute Gasteiger partial charge is 0.328 e. The van der Waals surface area contributed by atoms with Crippen LogP contribution in [0.3, 0.4) is 0 Å². The van der Waals surface area contributed by atoms with Crippen LogP contribution in [0.2, 0.25) is 0 Å². The molecule has 0 aliphatic carbocycles. The Balaban J connectivity index is 2.63. The van der Waals surface area contributed by atoms with Gasteiger partial charge in [-0.1, -0.05) is 48.8 Å². The molecule has 0 aliphatic heterocycles. The van der Waals surface area contributed by atoms with Crippen LogP contribution in [-0.4, -0.2) is 6.04 Å². The van der Waals surface area contributed by atoms with Crippen molar-refractivity contribution in [1.29, 1.82) is 0 Å². The monoisotopic (exact) mass is 297 g/mol. The van der Waals surface area contributed by atoms with Crippen molar-refractivity contribution in [2.24, 2.45) is 5.73 Å². The molecule has 0 radical (unpaired) electrons. The molecule has 17 heavy (non-hydrogen) atoms. The molecule has 1 rings (SSSR count). The minimum atomic E-state index is 0.357. The highest BCUT2D eigenvalue weighted by Crippen LogP contribution is 2.26. The van der Waals surface area contributed by atoms with Crippen LogP contribution in [0.1, 0.15) is 57.1 Å². The number of hydrogen-bond donors (Lipinski definition) is 1. The van der Waals surface area contributed by atoms with Gasteiger partial charge in [0.2, 0.25) is 0 Å². The van der Waals surface area contributed by atoms with Gasteiger partial charge in [0.25, 0.3) is 0 Å². The van der Waals surface area contributed by atoms with Crippen molar-refractivity contribution < 1.29 is 0 Å². The second kappa shape index (κ2) is 7.17. The van der Waals surface area contributed by atoms with Crippen LogP contribution in [0.15, 0.2) is 22.7 Å². The summed E-state index contributed by atoms with van der Waals surface area (Å²) in [5.41, 5.74) is 8.76. The first-order valence-electron chi connectivity index (χ1n) is 6.62. The Bertz CT molecular complexity index is 349. The fourth-order valence-corrected chi connectivity index (χ4v) is 2.67. The average Bonchev–Trinajstić information content (AvgIpc) is 2.35. The summed E-state index contributed by atoms with van der Waals surface area (Å²) >= 11 is 3.64. The molecule has 0 aliphatic rings. The summed E-state index contributed by atoms with van der Waals surface area (Å²) in [6, 6.07) is 7.11. The lowest BCUT2D eigenvalue weighted by Crippen LogP contribution is -2.18. The molecule has 2 heteroatoms. The molecule has 0 spiro atoms. The molecule has 0 bridgehead atoms. The van der Waals surface area contributed by atoms with Crippen LogP contribution in [0, 0.1) is 0 Å². The number of hydrogen-bond acceptors (Lipinski definition) is 1. The SMILES string of the molecule is CCc1ccc(C(C)CCC(N)CC)cc1Br. The van der Waals surface area contributed by atoms with Gasteiger partial charge in [-0.25, -0.2) is 0 Å². The standard InChI is InChI=1S/C15H24BrN/c1-4-12-7-8-13(10-15(12)16)11(3)6-9-14(17)5-2/h7-8,10-11,14H,4-6,9,17H2,1-3H3. The van der Waals surface area contributed by atoms with E-state index in [9.17, 15) is 0 Å². The molecule has 2 N–H and O–H groups in total. The second-order valence-electron chi connectivity index (χ2n) is 4.85. The Labute approximate surface area is 114 Å². The summed E-state index contributed by atoms with van der Waals surface area (Å²) in [6.45, 7) is 6.63. The van der Waals surface area contributed by atoms with Gasteiger partial charge in [0.15, 0.2) is 0 Å². The summed E-state index contributed by atoms with van der Waals surface area (Å²) in [7, 11) is 0. The fourth-order valence-electron chi connectivity index (χ4n) is 1.99. The van der Waals surface area contributed by atoms with Gasteiger partial charge >= 0.3 is 0 Å². The normalized spacial score (nSPS) is 14.6. The molecule has 0 saturated heterocycles. The topological polar surface area (TPSA) is 26.0 Å². The van der Waals surface area contributed by atoms with E-state index in [2.05, 4.69) is 54.9 Å². The predicted molar refractivity (Wildman–Crippen MR) is 79.4 cm³/mol. The van der Waals surface area contributed by atoms with Crippen LogP contribution >= 0.6 is 15.9 Å². The first-order valence-corrected chi connectivity index (χ1v) is 7.41. The Morgan fingerprint density at radius 1 is 1.24 bits per heavy atom. The average molecular weight is 298 g/mol. The van der Waals surface area contributed by atoms with E-state index in [4.69, 9.17) is 5.73 Å². The van der Waals surface area contributed by atoms with Crippen molar-refractivity contribution in [3.8, 4) is 0 Å². The van der Waals surface area contributed by atoms with E-state index in [0.717, 1.165) is 19.3 Å². The van der Waals surface area contributed by atoms with Gasteiger partial charge in [-0.15, -0.1) is 0 Å². The zero-order chi connectivity index (χ0) is 12.8. The molecular weight excluding hydrogens is 274 g/mol. The van der Waals surface area contributed by atoms with Gasteiger partial charge in [0.05, 0.1) is 0 Å². The summed E-state index contributed by atoms with van der Waals surface area (Å²) < 4.78 is 1.24. The van der Waals surface area contributed by atoms with Crippen molar-refractivity contribution in [3.63, 3.8) is 0 Å². The number of rotatable bonds is 6. The van der Waals surface area contributed by atoms with E-state index in [1.807, 2.05) is 0 Å². The molecule has 0 heterocycles. The molecule has 1 aromatic rings. The van der Waals surface area contributed by atoms with E-state index in [0.29, 0.717) is 12.0 Å². The number of aryl methyl sites for hydroxylation is 1. The Hall–Kier alpha value is -0.340. The fraction of sp³-hybridized carbons (Fsp3) is 0.600. The van der Waals surface area contributed by atoms with E-state index in [1.165, 1.54) is 22.0 Å². The summed E-state index contributed by atoms with van der Waals surface area (Å²) in [5.74, 6) is 0.592. The van der Waals surface area contributed by atoms with Crippen molar-refractivity contribution in [1.82, 2.24) is 0 Å². The Kier molecular flexibility index (Phi) is 6.21. The minimum absolute atomic E-state index is 0.357. The third-order valence-electron chi connectivity index (χ3n) is 3.52. The lowest BCUT2D eigenvalue weighted by molar-refractivity contribution is 0.530. The first-order chi connectivity index (χ1) is 8.08. The maximum absolute atomic E-state index is 5.97. The molecule has 0 saturated carbocycles. The van der Waals surface area contributed by atoms with E-state index >= 15 is 0 Å². The maximum Gasteiger partial charge on any atom is 0.0210 e. The van der Waals surface area contributed by atoms with E-state index in [1.54, 1.807) is 0 Å². The Morgan fingerprint density at radius 2 is 1.94 bits per heavy atom. The molecule has 0 fully saturated rings. The molecule has 0 amide bonds. The summed E-state index contributed by atoms with van der Waals surface area (Å²) in [6.07, 6.45) is 4.44. The predicted octanol–water partition coefficient (Wildman–Crippen LogP) is 4.63. The highest BCUT2D eigenvalue weighted by molar-refractivity contribution is 9.10. The van der Waals surface area contributed by atoms with Crippen LogP contribution in [0.4, 0.5) is 0 Å². The van der Waals surface area contributed by atoms with Crippen LogP contribution in [0.25, 0.3) is 0 Å². The molecule has 0 aromatic heterocycles. The highest BCUT2D eigenvalue weighted by atomic mass is 79.9. The molecule has 2 unspecified atom stereocenters. The van der Waals surface area contributed by atoms with Gasteiger partial charge in [0, 0.05) is 10.5 Å². The van der Waals surface area contributed by atoms with E-state index in [-0.39, 0.29) is 0 Å². The van der Waals surface area contributed by atoms with Crippen LogP contribution in [-0.2, 0) is 6.42 Å². The van der Waals surface area contributed by atoms with Crippen molar-refractivity contribution in [2.45, 2.75) is 58.4 Å². The van der Waals surface area contributed by atoms with Gasteiger partial charge in [0.1, 0.15) is 0 Å². The maximum atomic E-state index is 5.97. The van der Waals surface area contributed by atoms with Crippen molar-refractivity contribution in [2.75, 3.05) is 0 Å². The van der Waals surface area contributed by atoms with Crippen molar-refractivity contribution in [3.05, 3.63) is 33.8 Å². The van der Waals surface area contributed by atoms with Gasteiger partial charge in [-0.2, -0.15) is 0 Å². The Morgan fingerprint density at radius 3 is 2.47 bits per heavy atom. The van der Waals surface area contributed by atoms with Gasteiger partial charge < -0.3 is 5.73 Å². The molecular formula is C15H24BrN.